The second-order valence-electron chi connectivity index (χ2n) is 6.99. The molecule has 1 aliphatic rings. The van der Waals surface area contributed by atoms with Crippen LogP contribution in [-0.2, 0) is 27.8 Å². The quantitative estimate of drug-likeness (QED) is 0.652. The monoisotopic (exact) mass is 406 g/mol. The van der Waals surface area contributed by atoms with Crippen molar-refractivity contribution in [2.75, 3.05) is 17.4 Å². The molecule has 3 aromatic carbocycles. The van der Waals surface area contributed by atoms with Gasteiger partial charge in [-0.15, -0.1) is 0 Å². The molecule has 1 aliphatic heterocycles. The Labute approximate surface area is 171 Å². The molecule has 0 N–H and O–H groups in total. The Morgan fingerprint density at radius 3 is 2.10 bits per heavy atom. The zero-order chi connectivity index (χ0) is 20.3. The van der Waals surface area contributed by atoms with Gasteiger partial charge in [0, 0.05) is 13.1 Å². The Hall–Kier alpha value is -3.12. The molecule has 148 valence electrons. The van der Waals surface area contributed by atoms with Crippen molar-refractivity contribution in [2.24, 2.45) is 0 Å². The van der Waals surface area contributed by atoms with Crippen LogP contribution in [0.1, 0.15) is 11.1 Å². The fourth-order valence-electron chi connectivity index (χ4n) is 3.56. The van der Waals surface area contributed by atoms with Gasteiger partial charge < -0.3 is 4.90 Å². The lowest BCUT2D eigenvalue weighted by Gasteiger charge is -2.31. The zero-order valence-corrected chi connectivity index (χ0v) is 16.8. The highest BCUT2D eigenvalue weighted by atomic mass is 32.2. The highest BCUT2D eigenvalue weighted by Gasteiger charge is 2.29. The summed E-state index contributed by atoms with van der Waals surface area (Å²) in [5.74, 6) is -0.206. The number of nitrogens with zero attached hydrogens (tertiary/aromatic N) is 2. The van der Waals surface area contributed by atoms with Crippen LogP contribution in [0.15, 0.2) is 89.8 Å². The number of rotatable bonds is 5. The largest absolute Gasteiger partial charge is 0.336 e. The normalized spacial score (nSPS) is 13.6. The molecule has 4 rings (SSSR count). The first-order valence-electron chi connectivity index (χ1n) is 9.53. The molecular weight excluding hydrogens is 384 g/mol. The van der Waals surface area contributed by atoms with Crippen LogP contribution in [-0.4, -0.2) is 32.3 Å². The van der Waals surface area contributed by atoms with E-state index in [0.717, 1.165) is 12.0 Å². The molecule has 0 spiro atoms. The number of fused-ring (bicyclic) bond motifs is 1. The molecule has 1 amide bonds. The summed E-state index contributed by atoms with van der Waals surface area (Å²) in [6.07, 6.45) is 0.776. The van der Waals surface area contributed by atoms with Gasteiger partial charge in [0.15, 0.2) is 0 Å². The molecule has 0 saturated carbocycles. The molecule has 0 unspecified atom stereocenters. The Balaban J connectivity index is 1.62. The molecule has 6 heteroatoms. The lowest BCUT2D eigenvalue weighted by atomic mass is 10.00. The van der Waals surface area contributed by atoms with Gasteiger partial charge in [-0.3, -0.25) is 9.10 Å². The number of carbonyl (C=O) groups excluding carboxylic acids is 1. The molecule has 0 aliphatic carbocycles. The standard InChI is InChI=1S/C23H22N2O3S/c26-23(24-16-15-19-9-7-8-10-20(19)17-24)18-25(21-11-3-1-4-12-21)29(27,28)22-13-5-2-6-14-22/h1-14H,15-18H2. The first kappa shape index (κ1) is 19.2. The third kappa shape index (κ3) is 4.03. The van der Waals surface area contributed by atoms with Crippen molar-refractivity contribution in [1.82, 2.24) is 4.90 Å². The van der Waals surface area contributed by atoms with Crippen LogP contribution in [0.3, 0.4) is 0 Å². The summed E-state index contributed by atoms with van der Waals surface area (Å²) in [7, 11) is -3.86. The van der Waals surface area contributed by atoms with E-state index in [0.29, 0.717) is 18.8 Å². The number of para-hydroxylation sites is 1. The van der Waals surface area contributed by atoms with Crippen LogP contribution in [0.2, 0.25) is 0 Å². The molecule has 0 fully saturated rings. The topological polar surface area (TPSA) is 57.7 Å². The number of hydrogen-bond acceptors (Lipinski definition) is 3. The lowest BCUT2D eigenvalue weighted by molar-refractivity contribution is -0.130. The minimum Gasteiger partial charge on any atom is -0.336 e. The number of hydrogen-bond donors (Lipinski definition) is 0. The van der Waals surface area contributed by atoms with Gasteiger partial charge in [-0.05, 0) is 41.8 Å². The van der Waals surface area contributed by atoms with Gasteiger partial charge in [-0.2, -0.15) is 0 Å². The number of anilines is 1. The van der Waals surface area contributed by atoms with E-state index in [2.05, 4.69) is 6.07 Å². The van der Waals surface area contributed by atoms with Gasteiger partial charge in [0.25, 0.3) is 10.0 Å². The Bertz CT molecular complexity index is 1100. The number of carbonyl (C=O) groups is 1. The number of benzene rings is 3. The maximum Gasteiger partial charge on any atom is 0.264 e. The smallest absolute Gasteiger partial charge is 0.264 e. The van der Waals surface area contributed by atoms with Gasteiger partial charge in [0.05, 0.1) is 10.6 Å². The van der Waals surface area contributed by atoms with E-state index < -0.39 is 10.0 Å². The summed E-state index contributed by atoms with van der Waals surface area (Å²) in [4.78, 5) is 15.0. The average Bonchev–Trinajstić information content (AvgIpc) is 2.78. The van der Waals surface area contributed by atoms with Crippen LogP contribution in [0, 0.1) is 0 Å². The van der Waals surface area contributed by atoms with Crippen LogP contribution in [0.25, 0.3) is 0 Å². The Kier molecular flexibility index (Phi) is 5.36. The molecule has 1 heterocycles. The molecule has 3 aromatic rings. The van der Waals surface area contributed by atoms with Gasteiger partial charge in [0.2, 0.25) is 5.91 Å². The predicted molar refractivity (Wildman–Crippen MR) is 113 cm³/mol. The van der Waals surface area contributed by atoms with Crippen molar-refractivity contribution in [3.05, 3.63) is 96.1 Å². The Morgan fingerprint density at radius 1 is 0.828 bits per heavy atom. The molecule has 0 atom stereocenters. The number of amides is 1. The molecule has 5 nitrogen and oxygen atoms in total. The third-order valence-corrected chi connectivity index (χ3v) is 6.93. The summed E-state index contributed by atoms with van der Waals surface area (Å²) in [5, 5.41) is 0. The summed E-state index contributed by atoms with van der Waals surface area (Å²) in [5.41, 5.74) is 2.83. The number of sulfonamides is 1. The van der Waals surface area contributed by atoms with E-state index >= 15 is 0 Å². The molecule has 0 saturated heterocycles. The second-order valence-corrected chi connectivity index (χ2v) is 8.86. The molecule has 0 bridgehead atoms. The predicted octanol–water partition coefficient (Wildman–Crippen LogP) is 3.47. The summed E-state index contributed by atoms with van der Waals surface area (Å²) < 4.78 is 27.8. The maximum atomic E-state index is 13.3. The van der Waals surface area contributed by atoms with Crippen molar-refractivity contribution < 1.29 is 13.2 Å². The van der Waals surface area contributed by atoms with Crippen molar-refractivity contribution in [2.45, 2.75) is 17.9 Å². The summed E-state index contributed by atoms with van der Waals surface area (Å²) >= 11 is 0. The molecule has 0 radical (unpaired) electrons. The minimum absolute atomic E-state index is 0.167. The van der Waals surface area contributed by atoms with Crippen LogP contribution < -0.4 is 4.31 Å². The van der Waals surface area contributed by atoms with Crippen molar-refractivity contribution >= 4 is 21.6 Å². The lowest BCUT2D eigenvalue weighted by Crippen LogP contribution is -2.44. The van der Waals surface area contributed by atoms with E-state index in [-0.39, 0.29) is 17.3 Å². The van der Waals surface area contributed by atoms with Gasteiger partial charge in [-0.1, -0.05) is 60.7 Å². The van der Waals surface area contributed by atoms with Gasteiger partial charge in [0.1, 0.15) is 6.54 Å². The minimum atomic E-state index is -3.86. The summed E-state index contributed by atoms with van der Waals surface area (Å²) in [6, 6.07) is 25.1. The fraction of sp³-hybridized carbons (Fsp3) is 0.174. The maximum absolute atomic E-state index is 13.3. The van der Waals surface area contributed by atoms with Crippen LogP contribution >= 0.6 is 0 Å². The fourth-order valence-corrected chi connectivity index (χ4v) is 5.00. The third-order valence-electron chi connectivity index (χ3n) is 5.14. The van der Waals surface area contributed by atoms with E-state index in [1.54, 1.807) is 59.5 Å². The molecular formula is C23H22N2O3S. The van der Waals surface area contributed by atoms with E-state index in [9.17, 15) is 13.2 Å². The first-order valence-corrected chi connectivity index (χ1v) is 11.0. The summed E-state index contributed by atoms with van der Waals surface area (Å²) in [6.45, 7) is 0.857. The van der Waals surface area contributed by atoms with Gasteiger partial charge >= 0.3 is 0 Å². The second kappa shape index (κ2) is 8.09. The highest BCUT2D eigenvalue weighted by molar-refractivity contribution is 7.92. The Morgan fingerprint density at radius 2 is 1.41 bits per heavy atom. The highest BCUT2D eigenvalue weighted by Crippen LogP contribution is 2.25. The van der Waals surface area contributed by atoms with E-state index in [4.69, 9.17) is 0 Å². The first-order chi connectivity index (χ1) is 14.1. The average molecular weight is 407 g/mol. The van der Waals surface area contributed by atoms with E-state index in [1.165, 1.54) is 9.87 Å². The van der Waals surface area contributed by atoms with Crippen LogP contribution in [0.4, 0.5) is 5.69 Å². The van der Waals surface area contributed by atoms with Crippen LogP contribution in [0.5, 0.6) is 0 Å². The van der Waals surface area contributed by atoms with Gasteiger partial charge in [-0.25, -0.2) is 8.42 Å². The SMILES string of the molecule is O=C(CN(c1ccccc1)S(=O)(=O)c1ccccc1)N1CCc2ccccc2C1. The molecule has 29 heavy (non-hydrogen) atoms. The van der Waals surface area contributed by atoms with Crippen molar-refractivity contribution in [3.8, 4) is 0 Å². The zero-order valence-electron chi connectivity index (χ0n) is 15.9. The molecule has 0 aromatic heterocycles. The van der Waals surface area contributed by atoms with Crippen molar-refractivity contribution in [3.63, 3.8) is 0 Å². The van der Waals surface area contributed by atoms with Crippen molar-refractivity contribution in [1.29, 1.82) is 0 Å². The van der Waals surface area contributed by atoms with E-state index in [1.807, 2.05) is 24.3 Å².